The summed E-state index contributed by atoms with van der Waals surface area (Å²) in [5.41, 5.74) is 2.97. The van der Waals surface area contributed by atoms with Gasteiger partial charge in [-0.05, 0) is 43.3 Å². The lowest BCUT2D eigenvalue weighted by molar-refractivity contribution is 0.0146. The quantitative estimate of drug-likeness (QED) is 0.469. The second-order valence-corrected chi connectivity index (χ2v) is 7.32. The molecule has 4 aromatic rings. The molecule has 1 saturated heterocycles. The van der Waals surface area contributed by atoms with E-state index >= 15 is 0 Å². The Balaban J connectivity index is 1.15. The second kappa shape index (κ2) is 8.08. The Hall–Kier alpha value is -3.52. The van der Waals surface area contributed by atoms with E-state index < -0.39 is 0 Å². The number of likely N-dealkylation sites (tertiary alicyclic amines) is 1. The number of hydrogen-bond acceptors (Lipinski definition) is 7. The molecule has 1 fully saturated rings. The van der Waals surface area contributed by atoms with E-state index in [2.05, 4.69) is 38.2 Å². The monoisotopic (exact) mass is 402 g/mol. The fourth-order valence-electron chi connectivity index (χ4n) is 3.47. The number of nitrogens with zero attached hydrogens (tertiary/aromatic N) is 6. The molecule has 30 heavy (non-hydrogen) atoms. The molecule has 0 saturated carbocycles. The van der Waals surface area contributed by atoms with Crippen molar-refractivity contribution in [3.05, 3.63) is 66.7 Å². The van der Waals surface area contributed by atoms with E-state index in [0.29, 0.717) is 11.7 Å². The van der Waals surface area contributed by atoms with Crippen LogP contribution in [0.2, 0.25) is 0 Å². The Labute approximate surface area is 174 Å². The SMILES string of the molecule is CCn1cc(CN2CC(Oc3ccc(-c4noc(-c5ccncc5)n4)cc3)C2)cn1. The summed E-state index contributed by atoms with van der Waals surface area (Å²) in [5.74, 6) is 1.88. The van der Waals surface area contributed by atoms with E-state index in [1.807, 2.05) is 47.3 Å². The molecule has 5 rings (SSSR count). The topological polar surface area (TPSA) is 82.1 Å². The number of rotatable bonds is 7. The molecule has 0 amide bonds. The Bertz CT molecular complexity index is 1100. The van der Waals surface area contributed by atoms with Gasteiger partial charge in [0.25, 0.3) is 5.89 Å². The van der Waals surface area contributed by atoms with Crippen molar-refractivity contribution in [2.75, 3.05) is 13.1 Å². The van der Waals surface area contributed by atoms with Gasteiger partial charge in [-0.3, -0.25) is 14.6 Å². The predicted octanol–water partition coefficient (Wildman–Crippen LogP) is 3.28. The summed E-state index contributed by atoms with van der Waals surface area (Å²) in [6, 6.07) is 11.5. The number of aryl methyl sites for hydroxylation is 1. The van der Waals surface area contributed by atoms with Gasteiger partial charge in [0, 0.05) is 61.5 Å². The largest absolute Gasteiger partial charge is 0.488 e. The highest BCUT2D eigenvalue weighted by molar-refractivity contribution is 5.60. The Morgan fingerprint density at radius 1 is 1.07 bits per heavy atom. The maximum absolute atomic E-state index is 6.08. The highest BCUT2D eigenvalue weighted by atomic mass is 16.5. The molecule has 0 aliphatic carbocycles. The van der Waals surface area contributed by atoms with Crippen LogP contribution in [-0.4, -0.2) is 49.0 Å². The van der Waals surface area contributed by atoms with Crippen LogP contribution in [0.4, 0.5) is 0 Å². The number of hydrogen-bond donors (Lipinski definition) is 0. The van der Waals surface area contributed by atoms with Gasteiger partial charge in [0.1, 0.15) is 11.9 Å². The summed E-state index contributed by atoms with van der Waals surface area (Å²) in [4.78, 5) is 10.8. The normalized spacial score (nSPS) is 14.6. The van der Waals surface area contributed by atoms with Crippen LogP contribution in [0, 0.1) is 0 Å². The van der Waals surface area contributed by atoms with Crippen molar-refractivity contribution < 1.29 is 9.26 Å². The van der Waals surface area contributed by atoms with Crippen LogP contribution in [0.3, 0.4) is 0 Å². The molecule has 1 aliphatic rings. The Morgan fingerprint density at radius 3 is 2.60 bits per heavy atom. The van der Waals surface area contributed by atoms with E-state index in [1.54, 1.807) is 12.4 Å². The summed E-state index contributed by atoms with van der Waals surface area (Å²) >= 11 is 0. The minimum absolute atomic E-state index is 0.209. The zero-order valence-electron chi connectivity index (χ0n) is 16.7. The van der Waals surface area contributed by atoms with E-state index in [9.17, 15) is 0 Å². The van der Waals surface area contributed by atoms with Crippen molar-refractivity contribution >= 4 is 0 Å². The second-order valence-electron chi connectivity index (χ2n) is 7.32. The van der Waals surface area contributed by atoms with Crippen LogP contribution in [0.25, 0.3) is 22.8 Å². The molecule has 4 heterocycles. The van der Waals surface area contributed by atoms with Crippen molar-refractivity contribution in [2.24, 2.45) is 0 Å². The minimum Gasteiger partial charge on any atom is -0.488 e. The molecule has 1 aliphatic heterocycles. The molecule has 152 valence electrons. The van der Waals surface area contributed by atoms with Crippen LogP contribution in [0.5, 0.6) is 5.75 Å². The first-order chi connectivity index (χ1) is 14.8. The third kappa shape index (κ3) is 3.95. The molecule has 0 atom stereocenters. The average Bonchev–Trinajstić information content (AvgIpc) is 3.43. The molecule has 3 aromatic heterocycles. The van der Waals surface area contributed by atoms with Crippen LogP contribution in [0.15, 0.2) is 65.7 Å². The molecule has 0 spiro atoms. The Morgan fingerprint density at radius 2 is 1.87 bits per heavy atom. The summed E-state index contributed by atoms with van der Waals surface area (Å²) in [6.07, 6.45) is 7.65. The van der Waals surface area contributed by atoms with Crippen LogP contribution >= 0.6 is 0 Å². The van der Waals surface area contributed by atoms with Gasteiger partial charge in [-0.15, -0.1) is 0 Å². The van der Waals surface area contributed by atoms with E-state index in [-0.39, 0.29) is 6.10 Å². The average molecular weight is 402 g/mol. The Kier molecular flexibility index (Phi) is 4.98. The third-order valence-electron chi connectivity index (χ3n) is 5.11. The zero-order chi connectivity index (χ0) is 20.3. The van der Waals surface area contributed by atoms with E-state index in [0.717, 1.165) is 43.1 Å². The summed E-state index contributed by atoms with van der Waals surface area (Å²) in [6.45, 7) is 5.74. The molecular formula is C22H22N6O2. The number of aromatic nitrogens is 5. The van der Waals surface area contributed by atoms with Crippen molar-refractivity contribution in [3.63, 3.8) is 0 Å². The number of pyridine rings is 1. The maximum Gasteiger partial charge on any atom is 0.258 e. The molecule has 8 heteroatoms. The molecule has 0 unspecified atom stereocenters. The predicted molar refractivity (Wildman–Crippen MR) is 111 cm³/mol. The van der Waals surface area contributed by atoms with Gasteiger partial charge >= 0.3 is 0 Å². The molecule has 8 nitrogen and oxygen atoms in total. The maximum atomic E-state index is 6.08. The summed E-state index contributed by atoms with van der Waals surface area (Å²) in [5, 5.41) is 8.40. The van der Waals surface area contributed by atoms with Gasteiger partial charge in [-0.2, -0.15) is 10.1 Å². The van der Waals surface area contributed by atoms with Crippen molar-refractivity contribution in [3.8, 4) is 28.6 Å². The van der Waals surface area contributed by atoms with Crippen molar-refractivity contribution in [1.29, 1.82) is 0 Å². The van der Waals surface area contributed by atoms with Crippen molar-refractivity contribution in [1.82, 2.24) is 29.8 Å². The molecule has 0 radical (unpaired) electrons. The lowest BCUT2D eigenvalue weighted by Crippen LogP contribution is -2.53. The van der Waals surface area contributed by atoms with E-state index in [4.69, 9.17) is 9.26 Å². The smallest absolute Gasteiger partial charge is 0.258 e. The third-order valence-corrected chi connectivity index (χ3v) is 5.11. The van der Waals surface area contributed by atoms with E-state index in [1.165, 1.54) is 5.56 Å². The van der Waals surface area contributed by atoms with Gasteiger partial charge in [0.15, 0.2) is 0 Å². The first-order valence-electron chi connectivity index (χ1n) is 10.0. The van der Waals surface area contributed by atoms with Gasteiger partial charge < -0.3 is 9.26 Å². The van der Waals surface area contributed by atoms with Gasteiger partial charge in [-0.25, -0.2) is 0 Å². The lowest BCUT2D eigenvalue weighted by Gasteiger charge is -2.38. The first-order valence-corrected chi connectivity index (χ1v) is 10.0. The van der Waals surface area contributed by atoms with Gasteiger partial charge in [-0.1, -0.05) is 5.16 Å². The van der Waals surface area contributed by atoms with Crippen LogP contribution in [0.1, 0.15) is 12.5 Å². The number of benzene rings is 1. The fraction of sp³-hybridized carbons (Fsp3) is 0.273. The molecular weight excluding hydrogens is 380 g/mol. The summed E-state index contributed by atoms with van der Waals surface area (Å²) < 4.78 is 13.4. The molecule has 0 N–H and O–H groups in total. The molecule has 0 bridgehead atoms. The van der Waals surface area contributed by atoms with Gasteiger partial charge in [0.05, 0.1) is 6.20 Å². The van der Waals surface area contributed by atoms with Crippen molar-refractivity contribution in [2.45, 2.75) is 26.1 Å². The lowest BCUT2D eigenvalue weighted by atomic mass is 10.1. The first kappa shape index (κ1) is 18.5. The summed E-state index contributed by atoms with van der Waals surface area (Å²) in [7, 11) is 0. The highest BCUT2D eigenvalue weighted by Gasteiger charge is 2.28. The minimum atomic E-state index is 0.209. The van der Waals surface area contributed by atoms with Crippen LogP contribution in [-0.2, 0) is 13.1 Å². The van der Waals surface area contributed by atoms with Crippen LogP contribution < -0.4 is 4.74 Å². The molecule has 1 aromatic carbocycles. The number of ether oxygens (including phenoxy) is 1. The van der Waals surface area contributed by atoms with Gasteiger partial charge in [0.2, 0.25) is 5.82 Å². The zero-order valence-corrected chi connectivity index (χ0v) is 16.7. The fourth-order valence-corrected chi connectivity index (χ4v) is 3.47. The highest BCUT2D eigenvalue weighted by Crippen LogP contribution is 2.25. The standard InChI is InChI=1S/C22H22N6O2/c1-2-28-13-16(11-24-28)12-27-14-20(15-27)29-19-5-3-17(4-6-19)21-25-22(30-26-21)18-7-9-23-10-8-18/h3-11,13,20H,2,12,14-15H2,1H3.